The van der Waals surface area contributed by atoms with Gasteiger partial charge in [0.15, 0.2) is 0 Å². The first-order valence-electron chi connectivity index (χ1n) is 6.76. The van der Waals surface area contributed by atoms with Crippen LogP contribution in [0.2, 0.25) is 0 Å². The zero-order valence-corrected chi connectivity index (χ0v) is 11.7. The van der Waals surface area contributed by atoms with E-state index in [1.54, 1.807) is 17.4 Å². The molecule has 2 aromatic rings. The Hall–Kier alpha value is -2.01. The molecule has 0 aliphatic rings. The van der Waals surface area contributed by atoms with E-state index in [4.69, 9.17) is 8.83 Å². The van der Waals surface area contributed by atoms with Crippen molar-refractivity contribution < 1.29 is 13.6 Å². The summed E-state index contributed by atoms with van der Waals surface area (Å²) in [4.78, 5) is 14.0. The number of hydrogen-bond donors (Lipinski definition) is 1. The Morgan fingerprint density at radius 3 is 2.20 bits per heavy atom. The minimum Gasteiger partial charge on any atom is -0.467 e. The van der Waals surface area contributed by atoms with Crippen LogP contribution in [0.15, 0.2) is 45.6 Å². The molecule has 0 aliphatic carbocycles. The third-order valence-electron chi connectivity index (χ3n) is 3.02. The van der Waals surface area contributed by atoms with Crippen molar-refractivity contribution in [3.8, 4) is 0 Å². The normalized spacial score (nSPS) is 10.7. The lowest BCUT2D eigenvalue weighted by Gasteiger charge is -2.20. The summed E-state index contributed by atoms with van der Waals surface area (Å²) in [6.45, 7) is 1.76. The van der Waals surface area contributed by atoms with Gasteiger partial charge >= 0.3 is 0 Å². The van der Waals surface area contributed by atoms with Crippen LogP contribution in [0.3, 0.4) is 0 Å². The third-order valence-corrected chi connectivity index (χ3v) is 3.02. The summed E-state index contributed by atoms with van der Waals surface area (Å²) in [5.41, 5.74) is 0. The fraction of sp³-hybridized carbons (Fsp3) is 0.400. The van der Waals surface area contributed by atoms with Gasteiger partial charge in [0.1, 0.15) is 11.5 Å². The van der Waals surface area contributed by atoms with E-state index in [1.165, 1.54) is 0 Å². The molecule has 0 atom stereocenters. The smallest absolute Gasteiger partial charge is 0.223 e. The Morgan fingerprint density at radius 2 is 1.75 bits per heavy atom. The third kappa shape index (κ3) is 4.28. The Labute approximate surface area is 118 Å². The molecule has 0 saturated heterocycles. The molecule has 2 rings (SSSR count). The zero-order chi connectivity index (χ0) is 14.2. The van der Waals surface area contributed by atoms with Crippen molar-refractivity contribution in [3.05, 3.63) is 48.3 Å². The molecule has 1 N–H and O–H groups in total. The van der Waals surface area contributed by atoms with Gasteiger partial charge in [0, 0.05) is 6.42 Å². The minimum absolute atomic E-state index is 0.105. The molecule has 108 valence electrons. The van der Waals surface area contributed by atoms with Crippen LogP contribution < -0.4 is 5.32 Å². The predicted octanol–water partition coefficient (Wildman–Crippen LogP) is 2.40. The predicted molar refractivity (Wildman–Crippen MR) is 74.8 cm³/mol. The topological polar surface area (TPSA) is 58.6 Å². The minimum atomic E-state index is 0.105. The van der Waals surface area contributed by atoms with Crippen LogP contribution in [0, 0.1) is 0 Å². The van der Waals surface area contributed by atoms with Gasteiger partial charge in [-0.15, -0.1) is 0 Å². The summed E-state index contributed by atoms with van der Waals surface area (Å²) < 4.78 is 10.6. The van der Waals surface area contributed by atoms with Crippen molar-refractivity contribution in [3.63, 3.8) is 0 Å². The maximum Gasteiger partial charge on any atom is 0.223 e. The van der Waals surface area contributed by atoms with Crippen LogP contribution in [0.5, 0.6) is 0 Å². The highest BCUT2D eigenvalue weighted by Crippen LogP contribution is 2.13. The Kier molecular flexibility index (Phi) is 5.43. The summed E-state index contributed by atoms with van der Waals surface area (Å²) in [6.07, 6.45) is 4.57. The molecule has 0 unspecified atom stereocenters. The maximum atomic E-state index is 12.3. The summed E-state index contributed by atoms with van der Waals surface area (Å²) in [5, 5.41) is 3.05. The molecule has 5 heteroatoms. The molecular formula is C15H20N2O3. The SMILES string of the molecule is CNCCCC(=O)N(Cc1ccco1)Cc1ccco1. The second-order valence-corrected chi connectivity index (χ2v) is 4.62. The molecule has 2 aromatic heterocycles. The number of hydrogen-bond acceptors (Lipinski definition) is 4. The van der Waals surface area contributed by atoms with E-state index < -0.39 is 0 Å². The van der Waals surface area contributed by atoms with Gasteiger partial charge in [0.05, 0.1) is 25.6 Å². The van der Waals surface area contributed by atoms with Crippen LogP contribution in [-0.4, -0.2) is 24.4 Å². The van der Waals surface area contributed by atoms with E-state index in [9.17, 15) is 4.79 Å². The highest BCUT2D eigenvalue weighted by atomic mass is 16.3. The first-order chi connectivity index (χ1) is 9.79. The van der Waals surface area contributed by atoms with Gasteiger partial charge in [-0.1, -0.05) is 0 Å². The fourth-order valence-corrected chi connectivity index (χ4v) is 1.99. The standard InChI is InChI=1S/C15H20N2O3/c1-16-8-2-7-15(18)17(11-13-5-3-9-19-13)12-14-6-4-10-20-14/h3-6,9-10,16H,2,7-8,11-12H2,1H3. The van der Waals surface area contributed by atoms with Crippen LogP contribution >= 0.6 is 0 Å². The van der Waals surface area contributed by atoms with Crippen molar-refractivity contribution in [1.29, 1.82) is 0 Å². The van der Waals surface area contributed by atoms with Crippen LogP contribution in [0.25, 0.3) is 0 Å². The van der Waals surface area contributed by atoms with Gasteiger partial charge in [0.25, 0.3) is 0 Å². The highest BCUT2D eigenvalue weighted by Gasteiger charge is 2.16. The number of carbonyl (C=O) groups excluding carboxylic acids is 1. The second kappa shape index (κ2) is 7.55. The quantitative estimate of drug-likeness (QED) is 0.752. The number of rotatable bonds is 8. The number of carbonyl (C=O) groups is 1. The lowest BCUT2D eigenvalue weighted by Crippen LogP contribution is -2.30. The number of furan rings is 2. The molecule has 0 spiro atoms. The van der Waals surface area contributed by atoms with Gasteiger partial charge in [-0.25, -0.2) is 0 Å². The van der Waals surface area contributed by atoms with E-state index in [1.807, 2.05) is 31.3 Å². The summed E-state index contributed by atoms with van der Waals surface area (Å²) >= 11 is 0. The molecule has 20 heavy (non-hydrogen) atoms. The largest absolute Gasteiger partial charge is 0.467 e. The number of amides is 1. The van der Waals surface area contributed by atoms with Gasteiger partial charge in [0.2, 0.25) is 5.91 Å². The molecule has 1 amide bonds. The fourth-order valence-electron chi connectivity index (χ4n) is 1.99. The molecule has 0 radical (unpaired) electrons. The number of nitrogens with one attached hydrogen (secondary N) is 1. The highest BCUT2D eigenvalue weighted by molar-refractivity contribution is 5.76. The maximum absolute atomic E-state index is 12.3. The molecule has 0 aromatic carbocycles. The van der Waals surface area contributed by atoms with Crippen molar-refractivity contribution in [1.82, 2.24) is 10.2 Å². The van der Waals surface area contributed by atoms with E-state index in [-0.39, 0.29) is 5.91 Å². The zero-order valence-electron chi connectivity index (χ0n) is 11.7. The van der Waals surface area contributed by atoms with E-state index in [0.29, 0.717) is 19.5 Å². The molecule has 0 fully saturated rings. The van der Waals surface area contributed by atoms with E-state index in [2.05, 4.69) is 5.32 Å². The molecule has 2 heterocycles. The molecule has 0 saturated carbocycles. The summed E-state index contributed by atoms with van der Waals surface area (Å²) in [7, 11) is 1.88. The van der Waals surface area contributed by atoms with Gasteiger partial charge < -0.3 is 19.1 Å². The lowest BCUT2D eigenvalue weighted by atomic mass is 10.2. The van der Waals surface area contributed by atoms with E-state index in [0.717, 1.165) is 24.5 Å². The van der Waals surface area contributed by atoms with Crippen molar-refractivity contribution in [2.45, 2.75) is 25.9 Å². The average Bonchev–Trinajstić information content (AvgIpc) is 3.11. The first-order valence-corrected chi connectivity index (χ1v) is 6.76. The van der Waals surface area contributed by atoms with Crippen molar-refractivity contribution in [2.75, 3.05) is 13.6 Å². The molecular weight excluding hydrogens is 256 g/mol. The molecule has 0 bridgehead atoms. The van der Waals surface area contributed by atoms with Gasteiger partial charge in [-0.2, -0.15) is 0 Å². The number of nitrogens with zero attached hydrogens (tertiary/aromatic N) is 1. The monoisotopic (exact) mass is 276 g/mol. The van der Waals surface area contributed by atoms with Crippen LogP contribution in [0.4, 0.5) is 0 Å². The first kappa shape index (κ1) is 14.4. The van der Waals surface area contributed by atoms with Crippen molar-refractivity contribution >= 4 is 5.91 Å². The van der Waals surface area contributed by atoms with Crippen molar-refractivity contribution in [2.24, 2.45) is 0 Å². The lowest BCUT2D eigenvalue weighted by molar-refractivity contribution is -0.133. The van der Waals surface area contributed by atoms with Gasteiger partial charge in [-0.3, -0.25) is 4.79 Å². The summed E-state index contributed by atoms with van der Waals surface area (Å²) in [5.74, 6) is 1.66. The molecule has 0 aliphatic heterocycles. The second-order valence-electron chi connectivity index (χ2n) is 4.62. The van der Waals surface area contributed by atoms with Crippen LogP contribution in [0.1, 0.15) is 24.4 Å². The molecule has 5 nitrogen and oxygen atoms in total. The van der Waals surface area contributed by atoms with Crippen LogP contribution in [-0.2, 0) is 17.9 Å². The van der Waals surface area contributed by atoms with Gasteiger partial charge in [-0.05, 0) is 44.3 Å². The average molecular weight is 276 g/mol. The Balaban J connectivity index is 1.97. The Bertz CT molecular complexity index is 455. The Morgan fingerprint density at radius 1 is 1.15 bits per heavy atom. The van der Waals surface area contributed by atoms with E-state index >= 15 is 0 Å². The summed E-state index contributed by atoms with van der Waals surface area (Å²) in [6, 6.07) is 7.39.